The summed E-state index contributed by atoms with van der Waals surface area (Å²) < 4.78 is 0. The van der Waals surface area contributed by atoms with E-state index in [2.05, 4.69) is 19.2 Å². The molecule has 0 saturated carbocycles. The lowest BCUT2D eigenvalue weighted by Gasteiger charge is -2.11. The third-order valence-electron chi connectivity index (χ3n) is 2.76. The van der Waals surface area contributed by atoms with Crippen molar-refractivity contribution < 1.29 is 9.90 Å². The van der Waals surface area contributed by atoms with E-state index in [0.717, 1.165) is 12.0 Å². The molecule has 0 fully saturated rings. The van der Waals surface area contributed by atoms with Crippen LogP contribution in [0.3, 0.4) is 0 Å². The van der Waals surface area contributed by atoms with Crippen molar-refractivity contribution in [1.29, 1.82) is 0 Å². The monoisotopic (exact) mass is 221 g/mol. The summed E-state index contributed by atoms with van der Waals surface area (Å²) in [5, 5.41) is 12.1. The lowest BCUT2D eigenvalue weighted by atomic mass is 10.1. The maximum Gasteiger partial charge on any atom is 0.251 e. The Kier molecular flexibility index (Phi) is 4.35. The summed E-state index contributed by atoms with van der Waals surface area (Å²) in [4.78, 5) is 11.8. The third-order valence-corrected chi connectivity index (χ3v) is 2.76. The molecule has 1 amide bonds. The van der Waals surface area contributed by atoms with E-state index in [1.54, 1.807) is 12.1 Å². The fourth-order valence-electron chi connectivity index (χ4n) is 1.41. The van der Waals surface area contributed by atoms with Crippen LogP contribution in [0.25, 0.3) is 0 Å². The molecule has 0 saturated heterocycles. The highest BCUT2D eigenvalue weighted by Gasteiger charge is 2.09. The molecule has 0 bridgehead atoms. The number of amides is 1. The molecule has 2 N–H and O–H groups in total. The maximum absolute atomic E-state index is 11.8. The van der Waals surface area contributed by atoms with E-state index in [-0.39, 0.29) is 11.7 Å². The zero-order chi connectivity index (χ0) is 12.1. The second-order valence-electron chi connectivity index (χ2n) is 4.22. The fraction of sp³-hybridized carbons (Fsp3) is 0.462. The van der Waals surface area contributed by atoms with Crippen molar-refractivity contribution in [3.05, 3.63) is 29.3 Å². The molecule has 16 heavy (non-hydrogen) atoms. The van der Waals surface area contributed by atoms with Gasteiger partial charge in [0.1, 0.15) is 5.75 Å². The first-order chi connectivity index (χ1) is 7.54. The van der Waals surface area contributed by atoms with Gasteiger partial charge in [0.15, 0.2) is 0 Å². The van der Waals surface area contributed by atoms with E-state index in [4.69, 9.17) is 0 Å². The van der Waals surface area contributed by atoms with Crippen LogP contribution in [0.5, 0.6) is 5.75 Å². The number of aryl methyl sites for hydroxylation is 1. The van der Waals surface area contributed by atoms with Crippen molar-refractivity contribution in [2.45, 2.75) is 27.2 Å². The number of hydrogen-bond acceptors (Lipinski definition) is 2. The summed E-state index contributed by atoms with van der Waals surface area (Å²) in [6.45, 7) is 6.71. The average Bonchev–Trinajstić information content (AvgIpc) is 2.25. The number of phenolic OH excluding ortho intramolecular Hbond substituents is 1. The molecule has 0 aliphatic rings. The van der Waals surface area contributed by atoms with Crippen molar-refractivity contribution >= 4 is 5.91 Å². The molecule has 0 spiro atoms. The molecular formula is C13H19NO2. The van der Waals surface area contributed by atoms with E-state index in [9.17, 15) is 9.90 Å². The normalized spacial score (nSPS) is 12.2. The largest absolute Gasteiger partial charge is 0.508 e. The van der Waals surface area contributed by atoms with E-state index in [1.165, 1.54) is 6.07 Å². The van der Waals surface area contributed by atoms with Crippen LogP contribution < -0.4 is 5.32 Å². The van der Waals surface area contributed by atoms with E-state index < -0.39 is 0 Å². The van der Waals surface area contributed by atoms with Gasteiger partial charge in [-0.15, -0.1) is 0 Å². The Hall–Kier alpha value is -1.51. The molecule has 1 rings (SSSR count). The highest BCUT2D eigenvalue weighted by Crippen LogP contribution is 2.15. The number of rotatable bonds is 4. The van der Waals surface area contributed by atoms with Gasteiger partial charge in [0.25, 0.3) is 5.91 Å². The summed E-state index contributed by atoms with van der Waals surface area (Å²) in [5.41, 5.74) is 1.42. The predicted octanol–water partition coefficient (Wildman–Crippen LogP) is 2.48. The minimum Gasteiger partial charge on any atom is -0.508 e. The van der Waals surface area contributed by atoms with Crippen LogP contribution in [0, 0.1) is 12.8 Å². The van der Waals surface area contributed by atoms with Crippen LogP contribution in [0.2, 0.25) is 0 Å². The molecule has 1 unspecified atom stereocenters. The van der Waals surface area contributed by atoms with Gasteiger partial charge in [-0.2, -0.15) is 0 Å². The smallest absolute Gasteiger partial charge is 0.251 e. The van der Waals surface area contributed by atoms with Gasteiger partial charge >= 0.3 is 0 Å². The Bertz CT molecular complexity index is 374. The molecule has 0 aliphatic carbocycles. The van der Waals surface area contributed by atoms with Crippen LogP contribution in [0.1, 0.15) is 36.2 Å². The highest BCUT2D eigenvalue weighted by molar-refractivity contribution is 5.95. The Labute approximate surface area is 96.5 Å². The zero-order valence-corrected chi connectivity index (χ0v) is 10.1. The van der Waals surface area contributed by atoms with Gasteiger partial charge in [-0.3, -0.25) is 4.79 Å². The number of nitrogens with one attached hydrogen (secondary N) is 1. The number of carbonyl (C=O) groups is 1. The van der Waals surface area contributed by atoms with Crippen LogP contribution >= 0.6 is 0 Å². The molecule has 0 aliphatic heterocycles. The molecule has 1 atom stereocenters. The van der Waals surface area contributed by atoms with Crippen molar-refractivity contribution in [3.8, 4) is 5.75 Å². The van der Waals surface area contributed by atoms with Crippen LogP contribution in [-0.4, -0.2) is 17.6 Å². The summed E-state index contributed by atoms with van der Waals surface area (Å²) in [6.07, 6.45) is 1.05. The third kappa shape index (κ3) is 3.26. The molecule has 3 nitrogen and oxygen atoms in total. The van der Waals surface area contributed by atoms with Gasteiger partial charge in [-0.05, 0) is 36.6 Å². The molecule has 3 heteroatoms. The number of benzene rings is 1. The standard InChI is InChI=1S/C13H19NO2/c1-4-9(2)8-14-13(16)12-6-5-11(15)7-10(12)3/h5-7,9,15H,4,8H2,1-3H3,(H,14,16). The average molecular weight is 221 g/mol. The lowest BCUT2D eigenvalue weighted by molar-refractivity contribution is 0.0947. The minimum absolute atomic E-state index is 0.0715. The molecule has 1 aromatic carbocycles. The number of carbonyl (C=O) groups excluding carboxylic acids is 1. The summed E-state index contributed by atoms with van der Waals surface area (Å²) in [6, 6.07) is 4.78. The predicted molar refractivity (Wildman–Crippen MR) is 64.6 cm³/mol. The highest BCUT2D eigenvalue weighted by atomic mass is 16.3. The summed E-state index contributed by atoms with van der Waals surface area (Å²) in [5.74, 6) is 0.607. The Morgan fingerprint density at radius 1 is 1.50 bits per heavy atom. The number of aromatic hydroxyl groups is 1. The van der Waals surface area contributed by atoms with Gasteiger partial charge in [0.2, 0.25) is 0 Å². The summed E-state index contributed by atoms with van der Waals surface area (Å²) >= 11 is 0. The first kappa shape index (κ1) is 12.6. The lowest BCUT2D eigenvalue weighted by Crippen LogP contribution is -2.28. The van der Waals surface area contributed by atoms with Gasteiger partial charge in [0, 0.05) is 12.1 Å². The summed E-state index contributed by atoms with van der Waals surface area (Å²) in [7, 11) is 0. The molecule has 0 radical (unpaired) electrons. The van der Waals surface area contributed by atoms with Crippen LogP contribution in [-0.2, 0) is 0 Å². The Morgan fingerprint density at radius 3 is 2.75 bits per heavy atom. The Morgan fingerprint density at radius 2 is 2.19 bits per heavy atom. The minimum atomic E-state index is -0.0715. The van der Waals surface area contributed by atoms with Gasteiger partial charge in [-0.1, -0.05) is 20.3 Å². The van der Waals surface area contributed by atoms with Crippen molar-refractivity contribution in [2.24, 2.45) is 5.92 Å². The van der Waals surface area contributed by atoms with Gasteiger partial charge in [0.05, 0.1) is 0 Å². The number of phenols is 1. The Balaban J connectivity index is 2.66. The van der Waals surface area contributed by atoms with E-state index in [0.29, 0.717) is 18.0 Å². The van der Waals surface area contributed by atoms with Crippen LogP contribution in [0.15, 0.2) is 18.2 Å². The first-order valence-electron chi connectivity index (χ1n) is 5.62. The topological polar surface area (TPSA) is 49.3 Å². The van der Waals surface area contributed by atoms with E-state index in [1.807, 2.05) is 6.92 Å². The first-order valence-corrected chi connectivity index (χ1v) is 5.62. The second-order valence-corrected chi connectivity index (χ2v) is 4.22. The second kappa shape index (κ2) is 5.54. The molecule has 88 valence electrons. The number of hydrogen-bond donors (Lipinski definition) is 2. The van der Waals surface area contributed by atoms with Gasteiger partial charge in [-0.25, -0.2) is 0 Å². The fourth-order valence-corrected chi connectivity index (χ4v) is 1.41. The SMILES string of the molecule is CCC(C)CNC(=O)c1ccc(O)cc1C. The van der Waals surface area contributed by atoms with Crippen LogP contribution in [0.4, 0.5) is 0 Å². The molecule has 1 aromatic rings. The molecule has 0 aromatic heterocycles. The van der Waals surface area contributed by atoms with Crippen molar-refractivity contribution in [3.63, 3.8) is 0 Å². The van der Waals surface area contributed by atoms with Crippen molar-refractivity contribution in [1.82, 2.24) is 5.32 Å². The van der Waals surface area contributed by atoms with E-state index >= 15 is 0 Å². The quantitative estimate of drug-likeness (QED) is 0.820. The van der Waals surface area contributed by atoms with Gasteiger partial charge < -0.3 is 10.4 Å². The molecular weight excluding hydrogens is 202 g/mol. The van der Waals surface area contributed by atoms with Crippen molar-refractivity contribution in [2.75, 3.05) is 6.54 Å². The molecule has 0 heterocycles. The maximum atomic E-state index is 11.8. The zero-order valence-electron chi connectivity index (χ0n) is 10.1.